The number of amides is 1. The molecule has 0 aliphatic rings. The number of aryl methyl sites for hydroxylation is 1. The number of benzene rings is 2. The van der Waals surface area contributed by atoms with Crippen LogP contribution < -0.4 is 5.32 Å². The summed E-state index contributed by atoms with van der Waals surface area (Å²) < 4.78 is 2.02. The van der Waals surface area contributed by atoms with Crippen LogP contribution >= 0.6 is 11.8 Å². The predicted octanol–water partition coefficient (Wildman–Crippen LogP) is 5.43. The second-order valence-electron chi connectivity index (χ2n) is 6.76. The van der Waals surface area contributed by atoms with Crippen molar-refractivity contribution < 1.29 is 4.79 Å². The molecule has 0 bridgehead atoms. The quantitative estimate of drug-likeness (QED) is 0.497. The first-order valence-electron chi connectivity index (χ1n) is 9.07. The zero-order valence-corrected chi connectivity index (χ0v) is 16.7. The van der Waals surface area contributed by atoms with Crippen molar-refractivity contribution in [3.63, 3.8) is 0 Å². The highest BCUT2D eigenvalue weighted by molar-refractivity contribution is 7.97. The van der Waals surface area contributed by atoms with Crippen LogP contribution in [0.2, 0.25) is 0 Å². The number of nitrogens with zero attached hydrogens (tertiary/aromatic N) is 2. The molecule has 0 fully saturated rings. The van der Waals surface area contributed by atoms with E-state index in [-0.39, 0.29) is 5.91 Å². The van der Waals surface area contributed by atoms with Gasteiger partial charge in [-0.2, -0.15) is 11.8 Å². The molecule has 4 nitrogen and oxygen atoms in total. The molecule has 1 amide bonds. The van der Waals surface area contributed by atoms with Crippen LogP contribution in [0.5, 0.6) is 0 Å². The molecule has 140 valence electrons. The highest BCUT2D eigenvalue weighted by atomic mass is 32.2. The van der Waals surface area contributed by atoms with Gasteiger partial charge >= 0.3 is 0 Å². The average Bonchev–Trinajstić information content (AvgIpc) is 3.12. The Morgan fingerprint density at radius 3 is 2.68 bits per heavy atom. The van der Waals surface area contributed by atoms with Gasteiger partial charge in [0, 0.05) is 35.0 Å². The Morgan fingerprint density at radius 2 is 1.89 bits per heavy atom. The standard InChI is InChI=1S/C23H21N3OS/c1-16-6-11-22-25-21(14-26(22)13-16)19-4-3-5-20(12-19)24-23(27)18-9-7-17(8-10-18)15-28-2/h3-14H,15H2,1-2H3,(H,24,27). The highest BCUT2D eigenvalue weighted by Crippen LogP contribution is 2.23. The van der Waals surface area contributed by atoms with E-state index in [1.807, 2.05) is 71.3 Å². The highest BCUT2D eigenvalue weighted by Gasteiger charge is 2.09. The number of aromatic nitrogens is 2. The molecular weight excluding hydrogens is 366 g/mol. The summed E-state index contributed by atoms with van der Waals surface area (Å²) >= 11 is 1.77. The van der Waals surface area contributed by atoms with E-state index < -0.39 is 0 Å². The Kier molecular flexibility index (Phi) is 5.17. The number of fused-ring (bicyclic) bond motifs is 1. The van der Waals surface area contributed by atoms with Crippen molar-refractivity contribution in [2.45, 2.75) is 12.7 Å². The van der Waals surface area contributed by atoms with Gasteiger partial charge in [0.05, 0.1) is 5.69 Å². The minimum absolute atomic E-state index is 0.113. The van der Waals surface area contributed by atoms with Gasteiger partial charge in [0.1, 0.15) is 5.65 Å². The monoisotopic (exact) mass is 387 g/mol. The second kappa shape index (κ2) is 7.90. The van der Waals surface area contributed by atoms with Crippen LogP contribution in [-0.2, 0) is 5.75 Å². The summed E-state index contributed by atoms with van der Waals surface area (Å²) in [5.74, 6) is 0.834. The third-order valence-corrected chi connectivity index (χ3v) is 5.16. The largest absolute Gasteiger partial charge is 0.322 e. The van der Waals surface area contributed by atoms with Crippen molar-refractivity contribution in [1.82, 2.24) is 9.38 Å². The minimum atomic E-state index is -0.113. The van der Waals surface area contributed by atoms with Crippen LogP contribution in [0.4, 0.5) is 5.69 Å². The lowest BCUT2D eigenvalue weighted by atomic mass is 10.1. The molecule has 4 rings (SSSR count). The number of hydrogen-bond acceptors (Lipinski definition) is 3. The number of thioether (sulfide) groups is 1. The minimum Gasteiger partial charge on any atom is -0.322 e. The van der Waals surface area contributed by atoms with Crippen LogP contribution in [0, 0.1) is 6.92 Å². The molecule has 0 aliphatic carbocycles. The van der Waals surface area contributed by atoms with Crippen molar-refractivity contribution in [3.05, 3.63) is 89.7 Å². The first-order chi connectivity index (χ1) is 13.6. The Bertz CT molecular complexity index is 1130. The lowest BCUT2D eigenvalue weighted by Gasteiger charge is -2.07. The van der Waals surface area contributed by atoms with E-state index in [4.69, 9.17) is 0 Å². The van der Waals surface area contributed by atoms with Crippen molar-refractivity contribution in [2.24, 2.45) is 0 Å². The van der Waals surface area contributed by atoms with Gasteiger partial charge in [0.2, 0.25) is 0 Å². The topological polar surface area (TPSA) is 46.4 Å². The van der Waals surface area contributed by atoms with Gasteiger partial charge in [0.25, 0.3) is 5.91 Å². The first kappa shape index (κ1) is 18.3. The molecule has 0 radical (unpaired) electrons. The summed E-state index contributed by atoms with van der Waals surface area (Å²) in [5, 5.41) is 2.98. The molecule has 0 aliphatic heterocycles. The number of carbonyl (C=O) groups excluding carboxylic acids is 1. The molecule has 0 saturated carbocycles. The van der Waals surface area contributed by atoms with Crippen LogP contribution in [0.1, 0.15) is 21.5 Å². The van der Waals surface area contributed by atoms with E-state index >= 15 is 0 Å². The third-order valence-electron chi connectivity index (χ3n) is 4.54. The summed E-state index contributed by atoms with van der Waals surface area (Å²) in [6, 6.07) is 19.6. The molecule has 0 spiro atoms. The molecule has 2 aromatic carbocycles. The van der Waals surface area contributed by atoms with Crippen LogP contribution in [-0.4, -0.2) is 21.5 Å². The smallest absolute Gasteiger partial charge is 0.255 e. The van der Waals surface area contributed by atoms with E-state index in [1.165, 1.54) is 11.1 Å². The van der Waals surface area contributed by atoms with Gasteiger partial charge in [-0.15, -0.1) is 0 Å². The molecule has 1 N–H and O–H groups in total. The fourth-order valence-electron chi connectivity index (χ4n) is 3.12. The molecule has 0 atom stereocenters. The number of carbonyl (C=O) groups is 1. The van der Waals surface area contributed by atoms with Crippen molar-refractivity contribution in [3.8, 4) is 11.3 Å². The second-order valence-corrected chi connectivity index (χ2v) is 7.63. The van der Waals surface area contributed by atoms with E-state index in [0.717, 1.165) is 28.3 Å². The lowest BCUT2D eigenvalue weighted by molar-refractivity contribution is 0.102. The molecular formula is C23H21N3OS. The number of pyridine rings is 1. The summed E-state index contributed by atoms with van der Waals surface area (Å²) in [6.45, 7) is 2.06. The Balaban J connectivity index is 1.55. The van der Waals surface area contributed by atoms with E-state index in [2.05, 4.69) is 29.7 Å². The number of imidazole rings is 1. The molecule has 4 aromatic rings. The van der Waals surface area contributed by atoms with Gasteiger partial charge in [0.15, 0.2) is 0 Å². The SMILES string of the molecule is CSCc1ccc(C(=O)Nc2cccc(-c3cn4cc(C)ccc4n3)c2)cc1. The fourth-order valence-corrected chi connectivity index (χ4v) is 3.65. The fraction of sp³-hybridized carbons (Fsp3) is 0.130. The molecule has 0 unspecified atom stereocenters. The van der Waals surface area contributed by atoms with Gasteiger partial charge in [-0.05, 0) is 54.6 Å². The number of rotatable bonds is 5. The van der Waals surface area contributed by atoms with E-state index in [1.54, 1.807) is 11.8 Å². The summed E-state index contributed by atoms with van der Waals surface area (Å²) in [4.78, 5) is 17.3. The number of anilines is 1. The van der Waals surface area contributed by atoms with Crippen molar-refractivity contribution in [1.29, 1.82) is 0 Å². The maximum Gasteiger partial charge on any atom is 0.255 e. The van der Waals surface area contributed by atoms with Crippen LogP contribution in [0.25, 0.3) is 16.9 Å². The number of nitrogens with one attached hydrogen (secondary N) is 1. The summed E-state index contributed by atoms with van der Waals surface area (Å²) in [7, 11) is 0. The lowest BCUT2D eigenvalue weighted by Crippen LogP contribution is -2.11. The molecule has 2 aromatic heterocycles. The van der Waals surface area contributed by atoms with E-state index in [0.29, 0.717) is 5.56 Å². The molecule has 5 heteroatoms. The summed E-state index contributed by atoms with van der Waals surface area (Å²) in [6.07, 6.45) is 6.13. The van der Waals surface area contributed by atoms with E-state index in [9.17, 15) is 4.79 Å². The molecule has 2 heterocycles. The zero-order chi connectivity index (χ0) is 19.5. The Morgan fingerprint density at radius 1 is 1.07 bits per heavy atom. The average molecular weight is 388 g/mol. The van der Waals surface area contributed by atoms with Crippen molar-refractivity contribution >= 4 is 29.0 Å². The zero-order valence-electron chi connectivity index (χ0n) is 15.8. The normalized spacial score (nSPS) is 10.9. The van der Waals surface area contributed by atoms with Crippen molar-refractivity contribution in [2.75, 3.05) is 11.6 Å². The van der Waals surface area contributed by atoms with Gasteiger partial charge in [-0.1, -0.05) is 30.3 Å². The maximum absolute atomic E-state index is 12.6. The molecule has 0 saturated heterocycles. The number of hydrogen-bond donors (Lipinski definition) is 1. The van der Waals surface area contributed by atoms with Gasteiger partial charge in [-0.3, -0.25) is 4.79 Å². The third kappa shape index (κ3) is 3.94. The van der Waals surface area contributed by atoms with Crippen LogP contribution in [0.3, 0.4) is 0 Å². The Hall–Kier alpha value is -3.05. The predicted molar refractivity (Wildman–Crippen MR) is 117 cm³/mol. The Labute approximate surface area is 168 Å². The van der Waals surface area contributed by atoms with Gasteiger partial charge in [-0.25, -0.2) is 4.98 Å². The first-order valence-corrected chi connectivity index (χ1v) is 10.5. The molecule has 28 heavy (non-hydrogen) atoms. The summed E-state index contributed by atoms with van der Waals surface area (Å²) in [5.41, 5.74) is 6.55. The van der Waals surface area contributed by atoms with Crippen LogP contribution in [0.15, 0.2) is 73.1 Å². The maximum atomic E-state index is 12.6. The van der Waals surface area contributed by atoms with Gasteiger partial charge < -0.3 is 9.72 Å².